The van der Waals surface area contributed by atoms with Crippen LogP contribution in [0.15, 0.2) is 42.6 Å². The Morgan fingerprint density at radius 1 is 1.35 bits per heavy atom. The quantitative estimate of drug-likeness (QED) is 0.640. The first-order valence-corrected chi connectivity index (χ1v) is 5.52. The zero-order chi connectivity index (χ0) is 12.1. The first-order chi connectivity index (χ1) is 8.31. The molecule has 2 N–H and O–H groups in total. The van der Waals surface area contributed by atoms with Crippen LogP contribution in [0.2, 0.25) is 0 Å². The van der Waals surface area contributed by atoms with E-state index in [1.165, 1.54) is 0 Å². The molecule has 0 aliphatic rings. The third-order valence-electron chi connectivity index (χ3n) is 2.32. The Bertz CT molecular complexity index is 496. The molecule has 1 aromatic heterocycles. The Morgan fingerprint density at radius 2 is 2.12 bits per heavy atom. The molecule has 0 fully saturated rings. The van der Waals surface area contributed by atoms with Crippen LogP contribution in [0.5, 0.6) is 0 Å². The third-order valence-corrected chi connectivity index (χ3v) is 2.67. The lowest BCUT2D eigenvalue weighted by Gasteiger charge is -2.12. The minimum absolute atomic E-state index is 0.454. The molecule has 0 saturated heterocycles. The molecule has 5 heteroatoms. The van der Waals surface area contributed by atoms with Gasteiger partial charge >= 0.3 is 0 Å². The zero-order valence-corrected chi connectivity index (χ0v) is 9.78. The van der Waals surface area contributed by atoms with Crippen LogP contribution < -0.4 is 5.32 Å². The number of aldehydes is 1. The van der Waals surface area contributed by atoms with Crippen molar-refractivity contribution in [3.8, 4) is 0 Å². The van der Waals surface area contributed by atoms with Gasteiger partial charge in [0, 0.05) is 11.9 Å². The molecular weight excluding hydrogens is 234 g/mol. The van der Waals surface area contributed by atoms with Crippen molar-refractivity contribution in [3.63, 3.8) is 0 Å². The van der Waals surface area contributed by atoms with Gasteiger partial charge < -0.3 is 10.1 Å². The summed E-state index contributed by atoms with van der Waals surface area (Å²) in [5.74, 6) is -0.493. The molecule has 0 spiro atoms. The van der Waals surface area contributed by atoms with Gasteiger partial charge in [0.15, 0.2) is 0 Å². The monoisotopic (exact) mass is 245 g/mol. The van der Waals surface area contributed by atoms with Crippen LogP contribution in [-0.4, -0.2) is 21.5 Å². The number of nitrogens with zero attached hydrogens (tertiary/aromatic N) is 1. The fraction of sp³-hybridized carbons (Fsp3) is 0.0833. The van der Waals surface area contributed by atoms with E-state index in [1.807, 2.05) is 30.3 Å². The zero-order valence-electron chi connectivity index (χ0n) is 8.96. The Hall–Kier alpha value is -2.01. The maximum Gasteiger partial charge on any atom is 0.135 e. The fourth-order valence-corrected chi connectivity index (χ4v) is 1.76. The molecule has 0 saturated carbocycles. The van der Waals surface area contributed by atoms with Gasteiger partial charge in [0.2, 0.25) is 0 Å². The van der Waals surface area contributed by atoms with Gasteiger partial charge in [0.25, 0.3) is 0 Å². The third kappa shape index (κ3) is 2.76. The highest BCUT2D eigenvalue weighted by Crippen LogP contribution is 2.15. The molecule has 0 amide bonds. The van der Waals surface area contributed by atoms with Crippen molar-refractivity contribution in [1.29, 1.82) is 0 Å². The number of aromatic amines is 1. The van der Waals surface area contributed by atoms with Crippen LogP contribution in [0.25, 0.3) is 0 Å². The minimum atomic E-state index is -0.493. The standard InChI is InChI=1S/C12H11N3OS/c16-8-10(11-6-7-13-15-11)12(17)14-9-4-2-1-3-5-9/h1-8,10H,(H,13,15)(H,14,17). The second kappa shape index (κ2) is 5.36. The number of hydrogen-bond donors (Lipinski definition) is 2. The first kappa shape index (κ1) is 11.5. The van der Waals surface area contributed by atoms with Gasteiger partial charge in [-0.3, -0.25) is 5.10 Å². The second-order valence-electron chi connectivity index (χ2n) is 3.48. The van der Waals surface area contributed by atoms with E-state index < -0.39 is 5.92 Å². The van der Waals surface area contributed by atoms with E-state index in [2.05, 4.69) is 15.5 Å². The number of benzene rings is 1. The Kier molecular flexibility index (Phi) is 3.62. The summed E-state index contributed by atoms with van der Waals surface area (Å²) in [6.07, 6.45) is 2.39. The Labute approximate surface area is 104 Å². The number of thiocarbonyl (C=S) groups is 1. The highest BCUT2D eigenvalue weighted by Gasteiger charge is 2.17. The molecule has 1 aromatic carbocycles. The number of carbonyl (C=O) groups is 1. The van der Waals surface area contributed by atoms with Gasteiger partial charge in [0.1, 0.15) is 12.2 Å². The lowest BCUT2D eigenvalue weighted by atomic mass is 10.1. The van der Waals surface area contributed by atoms with E-state index in [4.69, 9.17) is 12.2 Å². The van der Waals surface area contributed by atoms with Crippen LogP contribution in [0, 0.1) is 0 Å². The van der Waals surface area contributed by atoms with Crippen molar-refractivity contribution in [1.82, 2.24) is 10.2 Å². The molecule has 17 heavy (non-hydrogen) atoms. The molecule has 0 aliphatic heterocycles. The Morgan fingerprint density at radius 3 is 2.71 bits per heavy atom. The number of hydrogen-bond acceptors (Lipinski definition) is 3. The van der Waals surface area contributed by atoms with E-state index >= 15 is 0 Å². The van der Waals surface area contributed by atoms with E-state index in [-0.39, 0.29) is 0 Å². The molecule has 4 nitrogen and oxygen atoms in total. The van der Waals surface area contributed by atoms with Crippen molar-refractivity contribution < 1.29 is 4.79 Å². The van der Waals surface area contributed by atoms with Crippen LogP contribution in [0.4, 0.5) is 5.69 Å². The molecule has 1 heterocycles. The average molecular weight is 245 g/mol. The number of para-hydroxylation sites is 1. The highest BCUT2D eigenvalue weighted by molar-refractivity contribution is 7.80. The maximum absolute atomic E-state index is 11.1. The van der Waals surface area contributed by atoms with E-state index in [9.17, 15) is 4.79 Å². The molecule has 2 aromatic rings. The van der Waals surface area contributed by atoms with Crippen LogP contribution >= 0.6 is 12.2 Å². The molecule has 1 atom stereocenters. The number of nitrogens with one attached hydrogen (secondary N) is 2. The van der Waals surface area contributed by atoms with Gasteiger partial charge in [0.05, 0.1) is 10.7 Å². The Balaban J connectivity index is 2.11. The largest absolute Gasteiger partial charge is 0.349 e. The topological polar surface area (TPSA) is 57.8 Å². The predicted molar refractivity (Wildman–Crippen MR) is 70.1 cm³/mol. The first-order valence-electron chi connectivity index (χ1n) is 5.12. The second-order valence-corrected chi connectivity index (χ2v) is 3.92. The van der Waals surface area contributed by atoms with Crippen LogP contribution in [0.3, 0.4) is 0 Å². The van der Waals surface area contributed by atoms with Gasteiger partial charge in [-0.15, -0.1) is 0 Å². The van der Waals surface area contributed by atoms with Crippen molar-refractivity contribution in [2.75, 3.05) is 5.32 Å². The van der Waals surface area contributed by atoms with Gasteiger partial charge in [-0.05, 0) is 18.2 Å². The van der Waals surface area contributed by atoms with E-state index in [0.29, 0.717) is 10.7 Å². The summed E-state index contributed by atoms with van der Waals surface area (Å²) in [6, 6.07) is 11.2. The van der Waals surface area contributed by atoms with Gasteiger partial charge in [-0.2, -0.15) is 5.10 Å². The van der Waals surface area contributed by atoms with E-state index in [0.717, 1.165) is 12.0 Å². The summed E-state index contributed by atoms with van der Waals surface area (Å²) in [4.78, 5) is 11.5. The molecule has 2 rings (SSSR count). The number of rotatable bonds is 4. The fourth-order valence-electron chi connectivity index (χ4n) is 1.46. The molecule has 0 bridgehead atoms. The minimum Gasteiger partial charge on any atom is -0.349 e. The summed E-state index contributed by atoms with van der Waals surface area (Å²) in [6.45, 7) is 0. The van der Waals surface area contributed by atoms with Crippen molar-refractivity contribution in [3.05, 3.63) is 48.3 Å². The number of aromatic nitrogens is 2. The summed E-state index contributed by atoms with van der Waals surface area (Å²) in [7, 11) is 0. The van der Waals surface area contributed by atoms with Crippen molar-refractivity contribution >= 4 is 29.2 Å². The SMILES string of the molecule is O=CC(C(=S)Nc1ccccc1)c1ccn[nH]1. The normalized spacial score (nSPS) is 11.8. The molecule has 0 radical (unpaired) electrons. The summed E-state index contributed by atoms with van der Waals surface area (Å²) in [5, 5.41) is 9.59. The van der Waals surface area contributed by atoms with Gasteiger partial charge in [-0.1, -0.05) is 30.4 Å². The highest BCUT2D eigenvalue weighted by atomic mass is 32.1. The maximum atomic E-state index is 11.1. The molecule has 1 unspecified atom stereocenters. The average Bonchev–Trinajstić information content (AvgIpc) is 2.85. The molecular formula is C12H11N3OS. The summed E-state index contributed by atoms with van der Waals surface area (Å²) in [5.41, 5.74) is 1.55. The van der Waals surface area contributed by atoms with E-state index in [1.54, 1.807) is 12.3 Å². The molecule has 0 aliphatic carbocycles. The lowest BCUT2D eigenvalue weighted by Crippen LogP contribution is -2.20. The van der Waals surface area contributed by atoms with Gasteiger partial charge in [-0.25, -0.2) is 0 Å². The number of carbonyl (C=O) groups excluding carboxylic acids is 1. The van der Waals surface area contributed by atoms with Crippen molar-refractivity contribution in [2.45, 2.75) is 5.92 Å². The number of anilines is 1. The summed E-state index contributed by atoms with van der Waals surface area (Å²) >= 11 is 5.21. The van der Waals surface area contributed by atoms with Crippen LogP contribution in [-0.2, 0) is 4.79 Å². The van der Waals surface area contributed by atoms with Crippen molar-refractivity contribution in [2.24, 2.45) is 0 Å². The van der Waals surface area contributed by atoms with Crippen LogP contribution in [0.1, 0.15) is 11.6 Å². The summed E-state index contributed by atoms with van der Waals surface area (Å²) < 4.78 is 0. The number of H-pyrrole nitrogens is 1. The molecule has 86 valence electrons. The smallest absolute Gasteiger partial charge is 0.135 e. The predicted octanol–water partition coefficient (Wildman–Crippen LogP) is 2.13. The lowest BCUT2D eigenvalue weighted by molar-refractivity contribution is -0.107.